The minimum Gasteiger partial charge on any atom is -0.486 e. The van der Waals surface area contributed by atoms with E-state index >= 15 is 0 Å². The Morgan fingerprint density at radius 3 is 2.22 bits per heavy atom. The lowest BCUT2D eigenvalue weighted by molar-refractivity contribution is -0.137. The number of anilines is 3. The first-order chi connectivity index (χ1) is 23.8. The number of alkyl halides is 3. The average Bonchev–Trinajstić information content (AvgIpc) is 3.07. The number of halogens is 3. The first kappa shape index (κ1) is 38.2. The van der Waals surface area contributed by atoms with Gasteiger partial charge in [0.1, 0.15) is 6.10 Å². The molecule has 0 radical (unpaired) electrons. The van der Waals surface area contributed by atoms with Gasteiger partial charge in [-0.05, 0) is 68.8 Å². The van der Waals surface area contributed by atoms with Crippen LogP contribution in [0.15, 0.2) is 66.7 Å². The molecular weight excluding hydrogens is 651 g/mol. The van der Waals surface area contributed by atoms with E-state index in [-0.39, 0.29) is 54.4 Å². The maximum atomic E-state index is 13.8. The molecule has 3 atom stereocenters. The van der Waals surface area contributed by atoms with E-state index in [0.29, 0.717) is 61.5 Å². The number of nitrogens with one attached hydrogen (secondary N) is 2. The molecule has 4 rings (SSSR count). The first-order valence-electron chi connectivity index (χ1n) is 16.8. The number of carbonyl (C=O) groups is 3. The van der Waals surface area contributed by atoms with Crippen molar-refractivity contribution in [2.45, 2.75) is 70.8 Å². The van der Waals surface area contributed by atoms with Gasteiger partial charge >= 0.3 is 6.18 Å². The highest BCUT2D eigenvalue weighted by Crippen LogP contribution is 2.35. The molecule has 1 heterocycles. The molecule has 1 aliphatic rings. The number of likely N-dealkylation sites (N-methyl/N-ethyl adjacent to an activating group) is 1. The zero-order valence-electron chi connectivity index (χ0n) is 28.6. The highest BCUT2D eigenvalue weighted by atomic mass is 19.4. The second kappa shape index (κ2) is 17.3. The molecule has 0 bridgehead atoms. The van der Waals surface area contributed by atoms with Crippen molar-refractivity contribution in [1.29, 1.82) is 0 Å². The predicted octanol–water partition coefficient (Wildman–Crippen LogP) is 6.17. The lowest BCUT2D eigenvalue weighted by Gasteiger charge is -2.38. The topological polar surface area (TPSA) is 137 Å². The van der Waals surface area contributed by atoms with Gasteiger partial charge in [0.2, 0.25) is 11.8 Å². The molecule has 0 saturated carbocycles. The lowest BCUT2D eigenvalue weighted by Crippen LogP contribution is -2.49. The highest BCUT2D eigenvalue weighted by molar-refractivity contribution is 6.01. The van der Waals surface area contributed by atoms with Crippen molar-refractivity contribution in [3.05, 3.63) is 83.4 Å². The van der Waals surface area contributed by atoms with Crippen molar-refractivity contribution in [2.75, 3.05) is 43.1 Å². The SMILES string of the molecule is C[C@@H]1CN([C@@H](C)CO)C(=O)c2cccc(NC(=O)CCCCCC(=O)Nc3ccccc3N)c2O[C@H]1CN(C)Cc1ccc(C(F)(F)F)cc1. The monoisotopic (exact) mass is 697 g/mol. The number of ether oxygens (including phenoxy) is 1. The summed E-state index contributed by atoms with van der Waals surface area (Å²) in [7, 11) is 1.83. The van der Waals surface area contributed by atoms with Crippen molar-refractivity contribution in [1.82, 2.24) is 9.80 Å². The quantitative estimate of drug-likeness (QED) is 0.117. The van der Waals surface area contributed by atoms with Crippen molar-refractivity contribution in [3.8, 4) is 5.75 Å². The van der Waals surface area contributed by atoms with Gasteiger partial charge in [-0.25, -0.2) is 0 Å². The van der Waals surface area contributed by atoms with Crippen LogP contribution >= 0.6 is 0 Å². The van der Waals surface area contributed by atoms with Crippen LogP contribution in [0.2, 0.25) is 0 Å². The maximum Gasteiger partial charge on any atom is 0.416 e. The largest absolute Gasteiger partial charge is 0.486 e. The number of unbranched alkanes of at least 4 members (excludes halogenated alkanes) is 2. The highest BCUT2D eigenvalue weighted by Gasteiger charge is 2.35. The molecule has 0 fully saturated rings. The van der Waals surface area contributed by atoms with E-state index in [9.17, 15) is 32.7 Å². The zero-order chi connectivity index (χ0) is 36.4. The number of fused-ring (bicyclic) bond motifs is 1. The average molecular weight is 698 g/mol. The molecule has 270 valence electrons. The molecular formula is C37H46F3N5O5. The first-order valence-corrected chi connectivity index (χ1v) is 16.8. The number of carbonyl (C=O) groups excluding carboxylic acids is 3. The smallest absolute Gasteiger partial charge is 0.416 e. The minimum atomic E-state index is -4.42. The Morgan fingerprint density at radius 2 is 1.60 bits per heavy atom. The maximum absolute atomic E-state index is 13.8. The van der Waals surface area contributed by atoms with Crippen LogP contribution in [0.25, 0.3) is 0 Å². The van der Waals surface area contributed by atoms with Crippen LogP contribution in [0.3, 0.4) is 0 Å². The molecule has 0 spiro atoms. The molecule has 5 N–H and O–H groups in total. The Kier molecular flexibility index (Phi) is 13.3. The second-order valence-corrected chi connectivity index (χ2v) is 12.9. The Labute approximate surface area is 290 Å². The van der Waals surface area contributed by atoms with Gasteiger partial charge in [-0.3, -0.25) is 19.3 Å². The number of hydrogen-bond acceptors (Lipinski definition) is 7. The van der Waals surface area contributed by atoms with Gasteiger partial charge in [-0.1, -0.05) is 43.7 Å². The van der Waals surface area contributed by atoms with Crippen molar-refractivity contribution in [3.63, 3.8) is 0 Å². The van der Waals surface area contributed by atoms with Crippen LogP contribution in [-0.2, 0) is 22.3 Å². The van der Waals surface area contributed by atoms with Crippen LogP contribution in [0.5, 0.6) is 5.75 Å². The number of nitrogens with two attached hydrogens (primary N) is 1. The van der Waals surface area contributed by atoms with Gasteiger partial charge in [-0.2, -0.15) is 13.2 Å². The van der Waals surface area contributed by atoms with Gasteiger partial charge in [-0.15, -0.1) is 0 Å². The minimum absolute atomic E-state index is 0.157. The predicted molar refractivity (Wildman–Crippen MR) is 187 cm³/mol. The summed E-state index contributed by atoms with van der Waals surface area (Å²) in [5.41, 5.74) is 7.49. The zero-order valence-corrected chi connectivity index (χ0v) is 28.6. The number of hydrogen-bond donors (Lipinski definition) is 4. The van der Waals surface area contributed by atoms with Gasteiger partial charge in [0.25, 0.3) is 5.91 Å². The fourth-order valence-electron chi connectivity index (χ4n) is 5.83. The van der Waals surface area contributed by atoms with Gasteiger partial charge in [0.05, 0.1) is 40.8 Å². The van der Waals surface area contributed by atoms with Crippen LogP contribution in [0.4, 0.5) is 30.2 Å². The molecule has 0 aliphatic carbocycles. The summed E-state index contributed by atoms with van der Waals surface area (Å²) in [4.78, 5) is 42.7. The van der Waals surface area contributed by atoms with Gasteiger partial charge in [0, 0.05) is 38.4 Å². The van der Waals surface area contributed by atoms with E-state index in [0.717, 1.165) is 12.1 Å². The molecule has 3 aromatic rings. The van der Waals surface area contributed by atoms with E-state index < -0.39 is 23.9 Å². The van der Waals surface area contributed by atoms with Crippen molar-refractivity contribution in [2.24, 2.45) is 5.92 Å². The van der Waals surface area contributed by atoms with E-state index in [1.165, 1.54) is 12.1 Å². The fraction of sp³-hybridized carbons (Fsp3) is 0.432. The van der Waals surface area contributed by atoms with Gasteiger partial charge < -0.3 is 31.1 Å². The molecule has 13 heteroatoms. The van der Waals surface area contributed by atoms with Gasteiger partial charge in [0.15, 0.2) is 5.75 Å². The summed E-state index contributed by atoms with van der Waals surface area (Å²) in [5, 5.41) is 15.7. The Morgan fingerprint density at radius 1 is 0.980 bits per heavy atom. The number of nitrogens with zero attached hydrogens (tertiary/aromatic N) is 2. The number of aliphatic hydroxyl groups excluding tert-OH is 1. The molecule has 0 aromatic heterocycles. The number of para-hydroxylation sites is 3. The Hall–Kier alpha value is -4.62. The number of rotatable bonds is 14. The molecule has 1 aliphatic heterocycles. The van der Waals surface area contributed by atoms with E-state index in [2.05, 4.69) is 10.6 Å². The van der Waals surface area contributed by atoms with Crippen LogP contribution in [0.1, 0.15) is 67.4 Å². The Balaban J connectivity index is 1.42. The lowest BCUT2D eigenvalue weighted by atomic mass is 9.98. The fourth-order valence-corrected chi connectivity index (χ4v) is 5.83. The van der Waals surface area contributed by atoms with Crippen molar-refractivity contribution < 1.29 is 37.4 Å². The molecule has 10 nitrogen and oxygen atoms in total. The summed E-state index contributed by atoms with van der Waals surface area (Å²) in [6, 6.07) is 16.5. The van der Waals surface area contributed by atoms with E-state index in [1.807, 2.05) is 18.9 Å². The molecule has 3 amide bonds. The number of nitrogen functional groups attached to an aromatic ring is 1. The van der Waals surface area contributed by atoms with Crippen LogP contribution in [0, 0.1) is 5.92 Å². The standard InChI is InChI=1S/C37H46F3N5O5/c1-24-20-45(25(2)23-46)36(49)28-10-9-13-31(43-34(48)15-6-4-5-14-33(47)42-30-12-8-7-11-29(30)41)35(28)50-32(24)22-44(3)21-26-16-18-27(19-17-26)37(38,39)40/h7-13,16-19,24-25,32,46H,4-6,14-15,20-23,41H2,1-3H3,(H,42,47)(H,43,48)/t24-,25+,32+/m1/s1. The summed E-state index contributed by atoms with van der Waals surface area (Å²) in [6.45, 7) is 4.46. The number of aliphatic hydroxyl groups is 1. The number of amides is 3. The summed E-state index contributed by atoms with van der Waals surface area (Å²) in [5.74, 6) is -0.762. The molecule has 0 saturated heterocycles. The summed E-state index contributed by atoms with van der Waals surface area (Å²) in [6.07, 6.45) is -2.66. The molecule has 0 unspecified atom stereocenters. The molecule has 50 heavy (non-hydrogen) atoms. The summed E-state index contributed by atoms with van der Waals surface area (Å²) < 4.78 is 45.7. The second-order valence-electron chi connectivity index (χ2n) is 12.9. The normalized spacial score (nSPS) is 17.0. The molecule has 3 aromatic carbocycles. The summed E-state index contributed by atoms with van der Waals surface area (Å²) >= 11 is 0. The number of benzene rings is 3. The van der Waals surface area contributed by atoms with E-state index in [4.69, 9.17) is 10.5 Å². The van der Waals surface area contributed by atoms with Crippen molar-refractivity contribution >= 4 is 34.8 Å². The third-order valence-electron chi connectivity index (χ3n) is 8.73. The third kappa shape index (κ3) is 10.4. The third-order valence-corrected chi connectivity index (χ3v) is 8.73. The van der Waals surface area contributed by atoms with E-state index in [1.54, 1.807) is 54.3 Å². The van der Waals surface area contributed by atoms with Crippen LogP contribution in [-0.4, -0.2) is 71.5 Å². The van der Waals surface area contributed by atoms with Crippen LogP contribution < -0.4 is 21.1 Å². The Bertz CT molecular complexity index is 1620.